The summed E-state index contributed by atoms with van der Waals surface area (Å²) in [6, 6.07) is 0.107. The first kappa shape index (κ1) is 13.0. The van der Waals surface area contributed by atoms with E-state index < -0.39 is 0 Å². The molecule has 0 amide bonds. The Morgan fingerprint density at radius 2 is 1.82 bits per heavy atom. The van der Waals surface area contributed by atoms with E-state index in [0.717, 1.165) is 12.8 Å². The molecule has 2 aliphatic rings. The van der Waals surface area contributed by atoms with E-state index in [1.54, 1.807) is 0 Å². The van der Waals surface area contributed by atoms with Gasteiger partial charge in [0.15, 0.2) is 0 Å². The van der Waals surface area contributed by atoms with E-state index in [1.165, 1.54) is 0 Å². The molecule has 98 valence electrons. The van der Waals surface area contributed by atoms with Crippen LogP contribution in [0, 0.1) is 17.8 Å². The molecule has 17 heavy (non-hydrogen) atoms. The molecular formula is C13H23NO3. The Balaban J connectivity index is 2.05. The van der Waals surface area contributed by atoms with Crippen molar-refractivity contribution in [2.24, 2.45) is 17.8 Å². The second-order valence-electron chi connectivity index (χ2n) is 5.26. The third-order valence-electron chi connectivity index (χ3n) is 4.47. The minimum atomic E-state index is -0.338. The van der Waals surface area contributed by atoms with Gasteiger partial charge in [0.1, 0.15) is 0 Å². The molecule has 5 unspecified atom stereocenters. The number of fused-ring (bicyclic) bond motifs is 2. The van der Waals surface area contributed by atoms with Gasteiger partial charge >= 0.3 is 0 Å². The zero-order valence-corrected chi connectivity index (χ0v) is 10.2. The average Bonchev–Trinajstić information content (AvgIpc) is 2.86. The molecule has 0 aliphatic heterocycles. The lowest BCUT2D eigenvalue weighted by atomic mass is 9.83. The van der Waals surface area contributed by atoms with Gasteiger partial charge in [0.25, 0.3) is 0 Å². The van der Waals surface area contributed by atoms with E-state index in [-0.39, 0.29) is 25.4 Å². The summed E-state index contributed by atoms with van der Waals surface area (Å²) >= 11 is 0. The van der Waals surface area contributed by atoms with Crippen LogP contribution < -0.4 is 0 Å². The van der Waals surface area contributed by atoms with Gasteiger partial charge in [-0.05, 0) is 30.6 Å². The molecule has 2 fully saturated rings. The Hall–Kier alpha value is -0.420. The summed E-state index contributed by atoms with van der Waals surface area (Å²) in [6.07, 6.45) is 3.76. The fraction of sp³-hybridized carbons (Fsp3) is 0.846. The van der Waals surface area contributed by atoms with Gasteiger partial charge in [0, 0.05) is 19.1 Å². The lowest BCUT2D eigenvalue weighted by molar-refractivity contribution is -0.0105. The topological polar surface area (TPSA) is 63.9 Å². The van der Waals surface area contributed by atoms with E-state index in [0.29, 0.717) is 30.8 Å². The number of allylic oxidation sites excluding steroid dienone is 1. The van der Waals surface area contributed by atoms with Gasteiger partial charge in [-0.2, -0.15) is 0 Å². The Morgan fingerprint density at radius 3 is 2.29 bits per heavy atom. The number of rotatable bonds is 6. The van der Waals surface area contributed by atoms with E-state index in [9.17, 15) is 5.11 Å². The molecule has 0 spiro atoms. The summed E-state index contributed by atoms with van der Waals surface area (Å²) in [5, 5.41) is 28.5. The fourth-order valence-corrected chi connectivity index (χ4v) is 3.80. The first-order chi connectivity index (χ1) is 8.22. The van der Waals surface area contributed by atoms with Crippen LogP contribution in [-0.4, -0.2) is 58.7 Å². The highest BCUT2D eigenvalue weighted by molar-refractivity contribution is 5.09. The molecule has 3 N–H and O–H groups in total. The molecule has 2 bridgehead atoms. The molecule has 0 aromatic rings. The van der Waals surface area contributed by atoms with Gasteiger partial charge in [-0.25, -0.2) is 0 Å². The van der Waals surface area contributed by atoms with E-state index in [4.69, 9.17) is 10.2 Å². The maximum absolute atomic E-state index is 10.4. The highest BCUT2D eigenvalue weighted by Crippen LogP contribution is 2.50. The van der Waals surface area contributed by atoms with Crippen LogP contribution >= 0.6 is 0 Å². The van der Waals surface area contributed by atoms with Gasteiger partial charge in [0.05, 0.1) is 19.3 Å². The van der Waals surface area contributed by atoms with Crippen LogP contribution in [0.5, 0.6) is 0 Å². The Labute approximate surface area is 103 Å². The zero-order chi connectivity index (χ0) is 12.4. The first-order valence-electron chi connectivity index (χ1n) is 6.49. The van der Waals surface area contributed by atoms with Gasteiger partial charge < -0.3 is 15.3 Å². The molecule has 0 heterocycles. The van der Waals surface area contributed by atoms with Crippen molar-refractivity contribution in [2.75, 3.05) is 26.3 Å². The molecule has 0 aromatic heterocycles. The molecular weight excluding hydrogens is 218 g/mol. The molecule has 5 atom stereocenters. The number of hydrogen-bond acceptors (Lipinski definition) is 4. The second kappa shape index (κ2) is 5.48. The summed E-state index contributed by atoms with van der Waals surface area (Å²) in [5.41, 5.74) is 0. The van der Waals surface area contributed by atoms with Crippen molar-refractivity contribution in [3.05, 3.63) is 12.7 Å². The van der Waals surface area contributed by atoms with Crippen LogP contribution in [0.1, 0.15) is 12.8 Å². The molecule has 4 nitrogen and oxygen atoms in total. The molecule has 4 heteroatoms. The summed E-state index contributed by atoms with van der Waals surface area (Å²) < 4.78 is 0. The third-order valence-corrected chi connectivity index (χ3v) is 4.47. The zero-order valence-electron chi connectivity index (χ0n) is 10.2. The van der Waals surface area contributed by atoms with Crippen LogP contribution in [-0.2, 0) is 0 Å². The molecule has 0 saturated heterocycles. The van der Waals surface area contributed by atoms with Crippen molar-refractivity contribution in [1.29, 1.82) is 0 Å². The van der Waals surface area contributed by atoms with Crippen LogP contribution in [0.25, 0.3) is 0 Å². The maximum atomic E-state index is 10.4. The lowest BCUT2D eigenvalue weighted by Crippen LogP contribution is -2.50. The highest BCUT2D eigenvalue weighted by Gasteiger charge is 2.52. The third kappa shape index (κ3) is 2.27. The van der Waals surface area contributed by atoms with Gasteiger partial charge in [0.2, 0.25) is 0 Å². The maximum Gasteiger partial charge on any atom is 0.0731 e. The molecule has 2 aliphatic carbocycles. The second-order valence-corrected chi connectivity index (χ2v) is 5.26. The lowest BCUT2D eigenvalue weighted by Gasteiger charge is -2.39. The van der Waals surface area contributed by atoms with Crippen molar-refractivity contribution in [2.45, 2.75) is 25.0 Å². The summed E-state index contributed by atoms with van der Waals surface area (Å²) in [7, 11) is 0. The quantitative estimate of drug-likeness (QED) is 0.566. The fourth-order valence-electron chi connectivity index (χ4n) is 3.80. The number of nitrogens with zero attached hydrogens (tertiary/aromatic N) is 1. The minimum Gasteiger partial charge on any atom is -0.395 e. The van der Waals surface area contributed by atoms with Gasteiger partial charge in [-0.3, -0.25) is 4.90 Å². The SMILES string of the molecule is C=CC1CC2CC1C(O)C2N(CCO)CCO. The van der Waals surface area contributed by atoms with Crippen LogP contribution in [0.2, 0.25) is 0 Å². The molecule has 2 rings (SSSR count). The highest BCUT2D eigenvalue weighted by atomic mass is 16.3. The van der Waals surface area contributed by atoms with Crippen molar-refractivity contribution in [1.82, 2.24) is 4.90 Å². The minimum absolute atomic E-state index is 0.0749. The number of aliphatic hydroxyl groups is 3. The van der Waals surface area contributed by atoms with E-state index >= 15 is 0 Å². The first-order valence-corrected chi connectivity index (χ1v) is 6.49. The largest absolute Gasteiger partial charge is 0.395 e. The summed E-state index contributed by atoms with van der Waals surface area (Å²) in [5.74, 6) is 1.25. The van der Waals surface area contributed by atoms with Gasteiger partial charge in [-0.15, -0.1) is 6.58 Å². The summed E-state index contributed by atoms with van der Waals surface area (Å²) in [6.45, 7) is 5.05. The van der Waals surface area contributed by atoms with Gasteiger partial charge in [-0.1, -0.05) is 6.08 Å². The predicted molar refractivity (Wildman–Crippen MR) is 65.4 cm³/mol. The monoisotopic (exact) mass is 241 g/mol. The van der Waals surface area contributed by atoms with Crippen LogP contribution in [0.4, 0.5) is 0 Å². The van der Waals surface area contributed by atoms with E-state index in [2.05, 4.69) is 6.58 Å². The van der Waals surface area contributed by atoms with Crippen LogP contribution in [0.3, 0.4) is 0 Å². The van der Waals surface area contributed by atoms with Crippen molar-refractivity contribution in [3.63, 3.8) is 0 Å². The Bertz CT molecular complexity index is 263. The molecule has 0 radical (unpaired) electrons. The Morgan fingerprint density at radius 1 is 1.18 bits per heavy atom. The van der Waals surface area contributed by atoms with Crippen molar-refractivity contribution < 1.29 is 15.3 Å². The average molecular weight is 241 g/mol. The van der Waals surface area contributed by atoms with Crippen LogP contribution in [0.15, 0.2) is 12.7 Å². The standard InChI is InChI=1S/C13H23NO3/c1-2-9-7-10-8-11(9)13(17)12(10)14(3-5-15)4-6-16/h2,9-13,15-17H,1,3-8H2. The predicted octanol–water partition coefficient (Wildman–Crippen LogP) is -0.155. The number of aliphatic hydroxyl groups excluding tert-OH is 3. The van der Waals surface area contributed by atoms with Crippen molar-refractivity contribution >= 4 is 0 Å². The van der Waals surface area contributed by atoms with E-state index in [1.807, 2.05) is 11.0 Å². The smallest absolute Gasteiger partial charge is 0.0731 e. The molecule has 0 aromatic carbocycles. The normalized spacial score (nSPS) is 40.1. The number of hydrogen-bond donors (Lipinski definition) is 3. The molecule has 2 saturated carbocycles. The summed E-state index contributed by atoms with van der Waals surface area (Å²) in [4.78, 5) is 2.04. The Kier molecular flexibility index (Phi) is 4.20. The van der Waals surface area contributed by atoms with Crippen molar-refractivity contribution in [3.8, 4) is 0 Å².